The number of carbonyl (C=O) groups is 2. The summed E-state index contributed by atoms with van der Waals surface area (Å²) in [5.74, 6) is -2.26. The summed E-state index contributed by atoms with van der Waals surface area (Å²) >= 11 is 5.85. The van der Waals surface area contributed by atoms with Crippen molar-refractivity contribution in [3.05, 3.63) is 64.7 Å². The SMILES string of the molecule is O=C(CCN1CCN(C(=O)c2ccc(Cl)cc2)CC1)Nc1ccc(F)c(F)c1. The minimum atomic E-state index is -1.00. The number of hydrogen-bond donors (Lipinski definition) is 1. The van der Waals surface area contributed by atoms with E-state index >= 15 is 0 Å². The lowest BCUT2D eigenvalue weighted by atomic mass is 10.2. The van der Waals surface area contributed by atoms with Crippen LogP contribution in [0.5, 0.6) is 0 Å². The largest absolute Gasteiger partial charge is 0.336 e. The summed E-state index contributed by atoms with van der Waals surface area (Å²) < 4.78 is 26.1. The Bertz CT molecular complexity index is 853. The van der Waals surface area contributed by atoms with Crippen LogP contribution in [0, 0.1) is 11.6 Å². The van der Waals surface area contributed by atoms with Crippen molar-refractivity contribution < 1.29 is 18.4 Å². The second kappa shape index (κ2) is 9.12. The zero-order chi connectivity index (χ0) is 20.1. The Morgan fingerprint density at radius 1 is 0.964 bits per heavy atom. The number of nitrogens with zero attached hydrogens (tertiary/aromatic N) is 2. The highest BCUT2D eigenvalue weighted by molar-refractivity contribution is 6.30. The molecule has 5 nitrogen and oxygen atoms in total. The monoisotopic (exact) mass is 407 g/mol. The second-order valence-electron chi connectivity index (χ2n) is 6.57. The fourth-order valence-electron chi connectivity index (χ4n) is 3.01. The molecular weight excluding hydrogens is 388 g/mol. The number of anilines is 1. The van der Waals surface area contributed by atoms with Crippen LogP contribution in [0.1, 0.15) is 16.8 Å². The molecule has 1 fully saturated rings. The first kappa shape index (κ1) is 20.2. The molecule has 0 atom stereocenters. The Hall–Kier alpha value is -2.51. The van der Waals surface area contributed by atoms with Crippen LogP contribution in [0.4, 0.5) is 14.5 Å². The summed E-state index contributed by atoms with van der Waals surface area (Å²) in [6, 6.07) is 10.0. The van der Waals surface area contributed by atoms with Crippen LogP contribution in [0.15, 0.2) is 42.5 Å². The summed E-state index contributed by atoms with van der Waals surface area (Å²) in [6.45, 7) is 3.01. The number of amides is 2. The van der Waals surface area contributed by atoms with E-state index in [-0.39, 0.29) is 23.9 Å². The van der Waals surface area contributed by atoms with Gasteiger partial charge in [0.05, 0.1) is 0 Å². The molecule has 0 aliphatic carbocycles. The molecule has 1 N–H and O–H groups in total. The fourth-order valence-corrected chi connectivity index (χ4v) is 3.13. The van der Waals surface area contributed by atoms with Gasteiger partial charge in [0, 0.05) is 61.5 Å². The number of rotatable bonds is 5. The van der Waals surface area contributed by atoms with Crippen LogP contribution < -0.4 is 5.32 Å². The Morgan fingerprint density at radius 2 is 1.64 bits per heavy atom. The van der Waals surface area contributed by atoms with Gasteiger partial charge in [0.25, 0.3) is 5.91 Å². The summed E-state index contributed by atoms with van der Waals surface area (Å²) in [7, 11) is 0. The summed E-state index contributed by atoms with van der Waals surface area (Å²) in [4.78, 5) is 28.4. The van der Waals surface area contributed by atoms with Crippen molar-refractivity contribution in [3.63, 3.8) is 0 Å². The van der Waals surface area contributed by atoms with Crippen LogP contribution >= 0.6 is 11.6 Å². The maximum atomic E-state index is 13.2. The van der Waals surface area contributed by atoms with Gasteiger partial charge in [-0.1, -0.05) is 11.6 Å². The molecule has 2 aromatic carbocycles. The van der Waals surface area contributed by atoms with E-state index in [0.29, 0.717) is 43.3 Å². The van der Waals surface area contributed by atoms with Gasteiger partial charge in [0.1, 0.15) is 0 Å². The molecule has 1 aliphatic heterocycles. The van der Waals surface area contributed by atoms with E-state index in [9.17, 15) is 18.4 Å². The van der Waals surface area contributed by atoms with Gasteiger partial charge in [-0.2, -0.15) is 0 Å². The first-order valence-corrected chi connectivity index (χ1v) is 9.32. The Kier molecular flexibility index (Phi) is 6.59. The van der Waals surface area contributed by atoms with Crippen molar-refractivity contribution in [3.8, 4) is 0 Å². The van der Waals surface area contributed by atoms with Crippen molar-refractivity contribution in [1.29, 1.82) is 0 Å². The van der Waals surface area contributed by atoms with E-state index in [1.165, 1.54) is 6.07 Å². The fraction of sp³-hybridized carbons (Fsp3) is 0.300. The van der Waals surface area contributed by atoms with E-state index in [0.717, 1.165) is 12.1 Å². The number of carbonyl (C=O) groups excluding carboxylic acids is 2. The number of hydrogen-bond acceptors (Lipinski definition) is 3. The Labute approximate surface area is 166 Å². The third kappa shape index (κ3) is 5.27. The summed E-state index contributed by atoms with van der Waals surface area (Å²) in [6.07, 6.45) is 0.226. The molecule has 28 heavy (non-hydrogen) atoms. The normalized spacial score (nSPS) is 14.8. The van der Waals surface area contributed by atoms with E-state index in [1.54, 1.807) is 29.2 Å². The number of halogens is 3. The number of piperazine rings is 1. The second-order valence-corrected chi connectivity index (χ2v) is 7.00. The first-order chi connectivity index (χ1) is 13.4. The molecule has 0 bridgehead atoms. The minimum absolute atomic E-state index is 0.0348. The van der Waals surface area contributed by atoms with Gasteiger partial charge in [-0.25, -0.2) is 8.78 Å². The lowest BCUT2D eigenvalue weighted by Gasteiger charge is -2.34. The van der Waals surface area contributed by atoms with Gasteiger partial charge < -0.3 is 10.2 Å². The molecule has 1 saturated heterocycles. The van der Waals surface area contributed by atoms with E-state index in [4.69, 9.17) is 11.6 Å². The van der Waals surface area contributed by atoms with Gasteiger partial charge in [-0.3, -0.25) is 14.5 Å². The molecule has 1 aliphatic rings. The molecule has 0 radical (unpaired) electrons. The average Bonchev–Trinajstić information content (AvgIpc) is 2.70. The predicted molar refractivity (Wildman–Crippen MR) is 103 cm³/mol. The maximum Gasteiger partial charge on any atom is 0.253 e. The molecule has 148 valence electrons. The van der Waals surface area contributed by atoms with Gasteiger partial charge >= 0.3 is 0 Å². The zero-order valence-corrected chi connectivity index (χ0v) is 15.9. The smallest absolute Gasteiger partial charge is 0.253 e. The topological polar surface area (TPSA) is 52.7 Å². The van der Waals surface area contributed by atoms with Crippen molar-refractivity contribution in [2.45, 2.75) is 6.42 Å². The van der Waals surface area contributed by atoms with Gasteiger partial charge in [-0.15, -0.1) is 0 Å². The van der Waals surface area contributed by atoms with Crippen LogP contribution in [-0.4, -0.2) is 54.3 Å². The first-order valence-electron chi connectivity index (χ1n) is 8.94. The molecule has 2 amide bonds. The average molecular weight is 408 g/mol. The predicted octanol–water partition coefficient (Wildman–Crippen LogP) is 3.40. The molecular formula is C20H20ClF2N3O2. The van der Waals surface area contributed by atoms with Crippen molar-refractivity contribution >= 4 is 29.1 Å². The highest BCUT2D eigenvalue weighted by atomic mass is 35.5. The van der Waals surface area contributed by atoms with Crippen molar-refractivity contribution in [2.75, 3.05) is 38.0 Å². The third-order valence-corrected chi connectivity index (χ3v) is 4.86. The Morgan fingerprint density at radius 3 is 2.29 bits per heavy atom. The van der Waals surface area contributed by atoms with Crippen molar-refractivity contribution in [1.82, 2.24) is 9.80 Å². The third-order valence-electron chi connectivity index (χ3n) is 4.61. The zero-order valence-electron chi connectivity index (χ0n) is 15.1. The molecule has 2 aromatic rings. The van der Waals surface area contributed by atoms with E-state index in [1.807, 2.05) is 0 Å². The maximum absolute atomic E-state index is 13.2. The van der Waals surface area contributed by atoms with Gasteiger partial charge in [0.15, 0.2) is 11.6 Å². The molecule has 0 saturated carbocycles. The minimum Gasteiger partial charge on any atom is -0.336 e. The molecule has 0 aromatic heterocycles. The van der Waals surface area contributed by atoms with Crippen molar-refractivity contribution in [2.24, 2.45) is 0 Å². The van der Waals surface area contributed by atoms with E-state index in [2.05, 4.69) is 10.2 Å². The molecule has 1 heterocycles. The Balaban J connectivity index is 1.42. The quantitative estimate of drug-likeness (QED) is 0.826. The molecule has 0 unspecified atom stereocenters. The highest BCUT2D eigenvalue weighted by Gasteiger charge is 2.22. The van der Waals surface area contributed by atoms with Crippen LogP contribution in [0.3, 0.4) is 0 Å². The van der Waals surface area contributed by atoms with Gasteiger partial charge in [-0.05, 0) is 36.4 Å². The van der Waals surface area contributed by atoms with Crippen LogP contribution in [0.2, 0.25) is 5.02 Å². The summed E-state index contributed by atoms with van der Waals surface area (Å²) in [5, 5.41) is 3.14. The van der Waals surface area contributed by atoms with E-state index < -0.39 is 11.6 Å². The van der Waals surface area contributed by atoms with Crippen LogP contribution in [0.25, 0.3) is 0 Å². The lowest BCUT2D eigenvalue weighted by Crippen LogP contribution is -2.49. The molecule has 0 spiro atoms. The standard InChI is InChI=1S/C20H20ClF2N3O2/c21-15-3-1-14(2-4-15)20(28)26-11-9-25(10-12-26)8-7-19(27)24-16-5-6-17(22)18(23)13-16/h1-6,13H,7-12H2,(H,24,27). The van der Waals surface area contributed by atoms with Gasteiger partial charge in [0.2, 0.25) is 5.91 Å². The molecule has 3 rings (SSSR count). The molecule has 8 heteroatoms. The number of benzene rings is 2. The lowest BCUT2D eigenvalue weighted by molar-refractivity contribution is -0.116. The number of nitrogens with one attached hydrogen (secondary N) is 1. The highest BCUT2D eigenvalue weighted by Crippen LogP contribution is 2.15. The summed E-state index contributed by atoms with van der Waals surface area (Å²) in [5.41, 5.74) is 0.825. The van der Waals surface area contributed by atoms with Crippen LogP contribution in [-0.2, 0) is 4.79 Å².